The zero-order chi connectivity index (χ0) is 18.6. The lowest BCUT2D eigenvalue weighted by Gasteiger charge is -2.04. The highest BCUT2D eigenvalue weighted by molar-refractivity contribution is 8.00. The molecule has 0 saturated heterocycles. The maximum absolute atomic E-state index is 6.32. The van der Waals surface area contributed by atoms with Gasteiger partial charge in [0.25, 0.3) is 0 Å². The second-order valence-corrected chi connectivity index (χ2v) is 9.63. The van der Waals surface area contributed by atoms with Crippen molar-refractivity contribution < 1.29 is 4.74 Å². The lowest BCUT2D eigenvalue weighted by atomic mass is 10.1. The van der Waals surface area contributed by atoms with Crippen LogP contribution in [0.4, 0.5) is 10.9 Å². The topological polar surface area (TPSA) is 98.8 Å². The summed E-state index contributed by atoms with van der Waals surface area (Å²) in [6.45, 7) is 1.36. The monoisotopic (exact) mass is 422 g/mol. The van der Waals surface area contributed by atoms with E-state index in [4.69, 9.17) is 15.5 Å². The van der Waals surface area contributed by atoms with E-state index in [2.05, 4.69) is 20.5 Å². The van der Waals surface area contributed by atoms with Crippen molar-refractivity contribution in [3.05, 3.63) is 16.3 Å². The van der Waals surface area contributed by atoms with Gasteiger partial charge in [0.1, 0.15) is 16.5 Å². The number of anilines is 2. The first-order chi connectivity index (χ1) is 13.2. The second kappa shape index (κ2) is 8.68. The van der Waals surface area contributed by atoms with Crippen molar-refractivity contribution in [3.63, 3.8) is 0 Å². The van der Waals surface area contributed by atoms with Crippen molar-refractivity contribution in [2.75, 3.05) is 31.3 Å². The first kappa shape index (κ1) is 18.9. The number of thioether (sulfide) groups is 1. The van der Waals surface area contributed by atoms with Gasteiger partial charge >= 0.3 is 0 Å². The zero-order valence-electron chi connectivity index (χ0n) is 15.2. The van der Waals surface area contributed by atoms with E-state index in [0.717, 1.165) is 44.9 Å². The molecule has 0 radical (unpaired) electrons. The maximum atomic E-state index is 6.32. The summed E-state index contributed by atoms with van der Waals surface area (Å²) in [6.07, 6.45) is 6.02. The third-order valence-corrected chi connectivity index (χ3v) is 7.65. The lowest BCUT2D eigenvalue weighted by Crippen LogP contribution is -2.06. The van der Waals surface area contributed by atoms with Crippen LogP contribution in [0.3, 0.4) is 0 Å². The summed E-state index contributed by atoms with van der Waals surface area (Å²) in [5.74, 6) is 2.01. The highest BCUT2D eigenvalue weighted by Crippen LogP contribution is 2.37. The molecule has 0 bridgehead atoms. The van der Waals surface area contributed by atoms with Crippen molar-refractivity contribution >= 4 is 55.6 Å². The van der Waals surface area contributed by atoms with Crippen LogP contribution < -0.4 is 11.1 Å². The van der Waals surface area contributed by atoms with E-state index >= 15 is 0 Å². The van der Waals surface area contributed by atoms with Crippen LogP contribution in [0.2, 0.25) is 0 Å². The molecule has 0 fully saturated rings. The molecule has 27 heavy (non-hydrogen) atoms. The Labute approximate surface area is 170 Å². The van der Waals surface area contributed by atoms with Gasteiger partial charge in [0.15, 0.2) is 4.34 Å². The summed E-state index contributed by atoms with van der Waals surface area (Å²) in [7, 11) is 1.68. The molecular weight excluding hydrogens is 400 g/mol. The van der Waals surface area contributed by atoms with Gasteiger partial charge in [-0.05, 0) is 31.2 Å². The molecule has 0 amide bonds. The Hall–Kier alpha value is -1.49. The SMILES string of the molecule is COCCNc1nnc(SCc2nc(N)c3c4c(sc3n2)CCCCC4)s1. The molecule has 4 rings (SSSR count). The van der Waals surface area contributed by atoms with Gasteiger partial charge in [-0.25, -0.2) is 9.97 Å². The van der Waals surface area contributed by atoms with E-state index < -0.39 is 0 Å². The molecule has 1 aliphatic carbocycles. The molecule has 10 heteroatoms. The third kappa shape index (κ3) is 4.34. The number of thiophene rings is 1. The molecule has 3 heterocycles. The van der Waals surface area contributed by atoms with Gasteiger partial charge in [0.2, 0.25) is 5.13 Å². The van der Waals surface area contributed by atoms with Crippen LogP contribution in [0, 0.1) is 0 Å². The molecule has 0 spiro atoms. The Morgan fingerprint density at radius 2 is 2.04 bits per heavy atom. The highest BCUT2D eigenvalue weighted by atomic mass is 32.2. The molecule has 3 aromatic rings. The van der Waals surface area contributed by atoms with Crippen molar-refractivity contribution in [2.24, 2.45) is 0 Å². The molecule has 3 aromatic heterocycles. The van der Waals surface area contributed by atoms with E-state index in [1.807, 2.05) is 0 Å². The molecule has 0 aromatic carbocycles. The number of hydrogen-bond acceptors (Lipinski definition) is 10. The number of aromatic nitrogens is 4. The molecule has 0 unspecified atom stereocenters. The van der Waals surface area contributed by atoms with Crippen LogP contribution in [0.5, 0.6) is 0 Å². The Kier molecular flexibility index (Phi) is 6.06. The zero-order valence-corrected chi connectivity index (χ0v) is 17.6. The summed E-state index contributed by atoms with van der Waals surface area (Å²) in [4.78, 5) is 11.8. The molecule has 1 aliphatic rings. The predicted octanol–water partition coefficient (Wildman–Crippen LogP) is 3.74. The first-order valence-electron chi connectivity index (χ1n) is 9.00. The molecule has 0 aliphatic heterocycles. The quantitative estimate of drug-likeness (QED) is 0.337. The number of nitrogen functional groups attached to an aromatic ring is 1. The Balaban J connectivity index is 1.46. The number of nitrogens with two attached hydrogens (primary N) is 1. The second-order valence-electron chi connectivity index (χ2n) is 6.35. The minimum absolute atomic E-state index is 0.620. The van der Waals surface area contributed by atoms with Crippen molar-refractivity contribution in [1.82, 2.24) is 20.2 Å². The van der Waals surface area contributed by atoms with Crippen molar-refractivity contribution in [1.29, 1.82) is 0 Å². The van der Waals surface area contributed by atoms with Gasteiger partial charge < -0.3 is 15.8 Å². The predicted molar refractivity (Wildman–Crippen MR) is 113 cm³/mol. The molecule has 7 nitrogen and oxygen atoms in total. The van der Waals surface area contributed by atoms with E-state index in [9.17, 15) is 0 Å². The highest BCUT2D eigenvalue weighted by Gasteiger charge is 2.19. The minimum atomic E-state index is 0.620. The average Bonchev–Trinajstić information content (AvgIpc) is 3.18. The van der Waals surface area contributed by atoms with Gasteiger partial charge in [-0.3, -0.25) is 0 Å². The summed E-state index contributed by atoms with van der Waals surface area (Å²) in [5, 5.41) is 13.4. The standard InChI is InChI=1S/C17H22N6OS3/c1-24-8-7-19-16-22-23-17(27-16)25-9-12-20-14(18)13-10-5-3-2-4-6-11(10)26-15(13)21-12/h2-9H2,1H3,(H,19,22)(H2,18,20,21). The number of fused-ring (bicyclic) bond motifs is 3. The van der Waals surface area contributed by atoms with Gasteiger partial charge in [0, 0.05) is 18.5 Å². The van der Waals surface area contributed by atoms with Gasteiger partial charge in [-0.1, -0.05) is 29.5 Å². The average molecular weight is 423 g/mol. The fourth-order valence-electron chi connectivity index (χ4n) is 3.20. The summed E-state index contributed by atoms with van der Waals surface area (Å²) in [5.41, 5.74) is 7.71. The molecular formula is C17H22N6OS3. The van der Waals surface area contributed by atoms with Gasteiger partial charge in [-0.2, -0.15) is 0 Å². The largest absolute Gasteiger partial charge is 0.383 e. The number of rotatable bonds is 7. The van der Waals surface area contributed by atoms with E-state index in [-0.39, 0.29) is 0 Å². The Bertz CT molecular complexity index is 925. The summed E-state index contributed by atoms with van der Waals surface area (Å²) >= 11 is 4.90. The van der Waals surface area contributed by atoms with E-state index in [1.54, 1.807) is 30.2 Å². The Morgan fingerprint density at radius 3 is 2.93 bits per heavy atom. The fourth-order valence-corrected chi connectivity index (χ4v) is 6.12. The lowest BCUT2D eigenvalue weighted by molar-refractivity contribution is 0.211. The summed E-state index contributed by atoms with van der Waals surface area (Å²) in [6, 6.07) is 0. The minimum Gasteiger partial charge on any atom is -0.383 e. The maximum Gasteiger partial charge on any atom is 0.206 e. The van der Waals surface area contributed by atoms with Gasteiger partial charge in [-0.15, -0.1) is 21.5 Å². The Morgan fingerprint density at radius 1 is 1.15 bits per heavy atom. The van der Waals surface area contributed by atoms with Crippen molar-refractivity contribution in [3.8, 4) is 0 Å². The molecule has 0 atom stereocenters. The number of ether oxygens (including phenoxy) is 1. The molecule has 144 valence electrons. The normalized spacial score (nSPS) is 14.3. The van der Waals surface area contributed by atoms with Crippen LogP contribution in [0.1, 0.15) is 35.5 Å². The number of aryl methyl sites for hydroxylation is 2. The fraction of sp³-hybridized carbons (Fsp3) is 0.529. The first-order valence-corrected chi connectivity index (χ1v) is 11.6. The number of nitrogens with zero attached hydrogens (tertiary/aromatic N) is 4. The summed E-state index contributed by atoms with van der Waals surface area (Å²) < 4.78 is 5.91. The smallest absolute Gasteiger partial charge is 0.206 e. The van der Waals surface area contributed by atoms with Gasteiger partial charge in [0.05, 0.1) is 17.7 Å². The van der Waals surface area contributed by atoms with Crippen molar-refractivity contribution in [2.45, 2.75) is 42.2 Å². The van der Waals surface area contributed by atoms with Crippen LogP contribution in [-0.2, 0) is 23.3 Å². The van der Waals surface area contributed by atoms with Crippen LogP contribution in [0.15, 0.2) is 4.34 Å². The van der Waals surface area contributed by atoms with Crippen LogP contribution in [0.25, 0.3) is 10.2 Å². The third-order valence-electron chi connectivity index (χ3n) is 4.45. The van der Waals surface area contributed by atoms with Crippen LogP contribution in [-0.4, -0.2) is 40.4 Å². The van der Waals surface area contributed by atoms with E-state index in [0.29, 0.717) is 18.2 Å². The number of methoxy groups -OCH3 is 1. The molecule has 3 N–H and O–H groups in total. The number of nitrogens with one attached hydrogen (secondary N) is 1. The van der Waals surface area contributed by atoms with E-state index in [1.165, 1.54) is 41.0 Å². The molecule has 0 saturated carbocycles. The van der Waals surface area contributed by atoms with Crippen LogP contribution >= 0.6 is 34.4 Å². The number of hydrogen-bond donors (Lipinski definition) is 2.